The molecule has 39 heavy (non-hydrogen) atoms. The second kappa shape index (κ2) is 11.3. The molecule has 1 unspecified atom stereocenters. The third kappa shape index (κ3) is 5.79. The van der Waals surface area contributed by atoms with Crippen LogP contribution in [0.5, 0.6) is 0 Å². The average molecular weight is 555 g/mol. The molecule has 194 valence electrons. The lowest BCUT2D eigenvalue weighted by Crippen LogP contribution is -2.27. The molecule has 0 saturated heterocycles. The first kappa shape index (κ1) is 26.4. The summed E-state index contributed by atoms with van der Waals surface area (Å²) in [4.78, 5) is 52.6. The molecule has 4 aromatic carbocycles. The van der Waals surface area contributed by atoms with Gasteiger partial charge in [-0.1, -0.05) is 66.2 Å². The summed E-state index contributed by atoms with van der Waals surface area (Å²) in [5, 5.41) is 5.81. The predicted molar refractivity (Wildman–Crippen MR) is 154 cm³/mol. The van der Waals surface area contributed by atoms with E-state index in [1.165, 1.54) is 11.8 Å². The summed E-state index contributed by atoms with van der Waals surface area (Å²) in [7, 11) is 0. The van der Waals surface area contributed by atoms with Crippen LogP contribution in [0.3, 0.4) is 0 Å². The monoisotopic (exact) mass is 554 g/mol. The van der Waals surface area contributed by atoms with Crippen LogP contribution in [-0.2, 0) is 16.0 Å². The van der Waals surface area contributed by atoms with Gasteiger partial charge >= 0.3 is 0 Å². The van der Waals surface area contributed by atoms with Crippen molar-refractivity contribution in [2.45, 2.75) is 23.5 Å². The second-order valence-electron chi connectivity index (χ2n) is 9.06. The maximum Gasteiger partial charge on any atom is 0.237 e. The number of halogens is 1. The first-order valence-electron chi connectivity index (χ1n) is 12.2. The zero-order chi connectivity index (χ0) is 27.5. The van der Waals surface area contributed by atoms with E-state index in [9.17, 15) is 19.2 Å². The Morgan fingerprint density at radius 2 is 1.46 bits per heavy atom. The summed E-state index contributed by atoms with van der Waals surface area (Å²) in [6.45, 7) is 1.75. The molecular weight excluding hydrogens is 532 g/mol. The standard InChI is InChI=1S/C31H23ClN2O4S/c1-18(39-22-7-4-6-21(17-22)33-27(35)16-19-12-14-20(32)15-13-19)31(38)34-26-11-5-10-25-28(26)30(37)24-9-3-2-8-23(24)29(25)36/h2-15,17-18H,16H2,1H3,(H,33,35)(H,34,38). The number of hydrogen-bond acceptors (Lipinski definition) is 5. The molecule has 2 amide bonds. The predicted octanol–water partition coefficient (Wildman–Crippen LogP) is 6.42. The van der Waals surface area contributed by atoms with Crippen molar-refractivity contribution in [3.8, 4) is 0 Å². The Morgan fingerprint density at radius 1 is 0.795 bits per heavy atom. The van der Waals surface area contributed by atoms with E-state index in [0.717, 1.165) is 10.5 Å². The summed E-state index contributed by atoms with van der Waals surface area (Å²) in [5.41, 5.74) is 2.94. The Bertz CT molecular complexity index is 1620. The number of thioether (sulfide) groups is 1. The van der Waals surface area contributed by atoms with Gasteiger partial charge in [-0.15, -0.1) is 11.8 Å². The zero-order valence-corrected chi connectivity index (χ0v) is 22.4. The minimum Gasteiger partial charge on any atom is -0.326 e. The molecule has 0 heterocycles. The van der Waals surface area contributed by atoms with Gasteiger partial charge in [-0.2, -0.15) is 0 Å². The summed E-state index contributed by atoms with van der Waals surface area (Å²) >= 11 is 7.22. The maximum absolute atomic E-state index is 13.2. The van der Waals surface area contributed by atoms with Crippen molar-refractivity contribution in [2.24, 2.45) is 0 Å². The molecule has 4 aromatic rings. The van der Waals surface area contributed by atoms with Crippen molar-refractivity contribution >= 4 is 58.1 Å². The first-order valence-corrected chi connectivity index (χ1v) is 13.5. The van der Waals surface area contributed by atoms with Crippen LogP contribution in [-0.4, -0.2) is 28.6 Å². The van der Waals surface area contributed by atoms with E-state index in [1.807, 2.05) is 6.07 Å². The number of fused-ring (bicyclic) bond motifs is 2. The first-order chi connectivity index (χ1) is 18.8. The second-order valence-corrected chi connectivity index (χ2v) is 10.9. The zero-order valence-electron chi connectivity index (χ0n) is 20.9. The van der Waals surface area contributed by atoms with Crippen LogP contribution in [0, 0.1) is 0 Å². The van der Waals surface area contributed by atoms with Crippen LogP contribution >= 0.6 is 23.4 Å². The fourth-order valence-corrected chi connectivity index (χ4v) is 5.43. The van der Waals surface area contributed by atoms with Crippen molar-refractivity contribution < 1.29 is 19.2 Å². The highest BCUT2D eigenvalue weighted by molar-refractivity contribution is 8.00. The Labute approximate surface area is 234 Å². The molecule has 0 fully saturated rings. The lowest BCUT2D eigenvalue weighted by molar-refractivity contribution is -0.116. The highest BCUT2D eigenvalue weighted by Crippen LogP contribution is 2.33. The molecule has 1 atom stereocenters. The van der Waals surface area contributed by atoms with Crippen LogP contribution < -0.4 is 10.6 Å². The van der Waals surface area contributed by atoms with E-state index in [-0.39, 0.29) is 40.9 Å². The Kier molecular flexibility index (Phi) is 7.63. The normalized spacial score (nSPS) is 12.8. The van der Waals surface area contributed by atoms with Gasteiger partial charge in [0, 0.05) is 32.3 Å². The van der Waals surface area contributed by atoms with Crippen molar-refractivity contribution in [3.63, 3.8) is 0 Å². The lowest BCUT2D eigenvalue weighted by Gasteiger charge is -2.21. The third-order valence-corrected chi connectivity index (χ3v) is 7.63. The van der Waals surface area contributed by atoms with Crippen molar-refractivity contribution in [1.82, 2.24) is 0 Å². The van der Waals surface area contributed by atoms with Gasteiger partial charge in [-0.3, -0.25) is 19.2 Å². The summed E-state index contributed by atoms with van der Waals surface area (Å²) in [6.07, 6.45) is 0.209. The number of nitrogens with one attached hydrogen (secondary N) is 2. The molecular formula is C31H23ClN2O4S. The molecule has 0 saturated carbocycles. The SMILES string of the molecule is CC(Sc1cccc(NC(=O)Cc2ccc(Cl)cc2)c1)C(=O)Nc1cccc2c1C(=O)c1ccccc1C2=O. The van der Waals surface area contributed by atoms with E-state index in [4.69, 9.17) is 11.6 Å². The number of benzene rings is 4. The molecule has 0 radical (unpaired) electrons. The van der Waals surface area contributed by atoms with E-state index in [0.29, 0.717) is 27.5 Å². The number of amides is 2. The van der Waals surface area contributed by atoms with Gasteiger partial charge in [0.2, 0.25) is 11.8 Å². The molecule has 0 bridgehead atoms. The Morgan fingerprint density at radius 3 is 2.21 bits per heavy atom. The fourth-order valence-electron chi connectivity index (χ4n) is 4.38. The molecule has 0 aromatic heterocycles. The summed E-state index contributed by atoms with van der Waals surface area (Å²) < 4.78 is 0. The van der Waals surface area contributed by atoms with Gasteiger partial charge in [0.15, 0.2) is 11.6 Å². The van der Waals surface area contributed by atoms with Gasteiger partial charge in [0.25, 0.3) is 0 Å². The number of hydrogen-bond donors (Lipinski definition) is 2. The number of ketones is 2. The van der Waals surface area contributed by atoms with E-state index in [2.05, 4.69) is 10.6 Å². The average Bonchev–Trinajstić information content (AvgIpc) is 2.93. The highest BCUT2D eigenvalue weighted by Gasteiger charge is 2.32. The molecule has 1 aliphatic rings. The molecule has 6 nitrogen and oxygen atoms in total. The van der Waals surface area contributed by atoms with Crippen LogP contribution in [0.25, 0.3) is 0 Å². The topological polar surface area (TPSA) is 92.3 Å². The number of anilines is 2. The summed E-state index contributed by atoms with van der Waals surface area (Å²) in [5.74, 6) is -1.02. The smallest absolute Gasteiger partial charge is 0.237 e. The van der Waals surface area contributed by atoms with Crippen LogP contribution in [0.15, 0.2) is 95.9 Å². The molecule has 2 N–H and O–H groups in total. The third-order valence-electron chi connectivity index (χ3n) is 6.29. The van der Waals surface area contributed by atoms with E-state index >= 15 is 0 Å². The fraction of sp³-hybridized carbons (Fsp3) is 0.0968. The number of carbonyl (C=O) groups is 4. The van der Waals surface area contributed by atoms with Crippen molar-refractivity contribution in [3.05, 3.63) is 124 Å². The quantitative estimate of drug-likeness (QED) is 0.227. The van der Waals surface area contributed by atoms with Gasteiger partial charge in [0.05, 0.1) is 22.9 Å². The van der Waals surface area contributed by atoms with Gasteiger partial charge in [-0.05, 0) is 48.9 Å². The van der Waals surface area contributed by atoms with Crippen LogP contribution in [0.2, 0.25) is 5.02 Å². The van der Waals surface area contributed by atoms with Gasteiger partial charge in [-0.25, -0.2) is 0 Å². The molecule has 0 spiro atoms. The molecule has 8 heteroatoms. The largest absolute Gasteiger partial charge is 0.326 e. The Hall–Kier alpha value is -4.20. The maximum atomic E-state index is 13.2. The van der Waals surface area contributed by atoms with Gasteiger partial charge in [0.1, 0.15) is 0 Å². The lowest BCUT2D eigenvalue weighted by atomic mass is 9.83. The van der Waals surface area contributed by atoms with E-state index in [1.54, 1.807) is 91.9 Å². The molecule has 5 rings (SSSR count). The summed E-state index contributed by atoms with van der Waals surface area (Å²) in [6, 6.07) is 25.9. The van der Waals surface area contributed by atoms with Gasteiger partial charge < -0.3 is 10.6 Å². The van der Waals surface area contributed by atoms with Crippen molar-refractivity contribution in [1.29, 1.82) is 0 Å². The number of rotatable bonds is 7. The minimum absolute atomic E-state index is 0.167. The highest BCUT2D eigenvalue weighted by atomic mass is 35.5. The number of carbonyl (C=O) groups excluding carboxylic acids is 4. The van der Waals surface area contributed by atoms with Crippen molar-refractivity contribution in [2.75, 3.05) is 10.6 Å². The molecule has 0 aliphatic heterocycles. The minimum atomic E-state index is -0.525. The van der Waals surface area contributed by atoms with E-state index < -0.39 is 5.25 Å². The molecule has 1 aliphatic carbocycles. The van der Waals surface area contributed by atoms with Crippen LogP contribution in [0.1, 0.15) is 44.3 Å². The van der Waals surface area contributed by atoms with Crippen LogP contribution in [0.4, 0.5) is 11.4 Å². The Balaban J connectivity index is 1.26.